The molecule has 0 fully saturated rings. The number of rotatable bonds is 3. The fourth-order valence-electron chi connectivity index (χ4n) is 1.28. The van der Waals surface area contributed by atoms with Crippen LogP contribution in [0.5, 0.6) is 0 Å². The zero-order valence-corrected chi connectivity index (χ0v) is 8.93. The van der Waals surface area contributed by atoms with E-state index in [9.17, 15) is 13.6 Å². The van der Waals surface area contributed by atoms with Gasteiger partial charge >= 0.3 is 0 Å². The highest BCUT2D eigenvalue weighted by Gasteiger charge is 2.10. The summed E-state index contributed by atoms with van der Waals surface area (Å²) in [6.45, 7) is 0. The minimum atomic E-state index is -0.936. The first-order valence-corrected chi connectivity index (χ1v) is 5.40. The molecule has 16 heavy (non-hydrogen) atoms. The molecule has 0 aliphatic heterocycles. The van der Waals surface area contributed by atoms with Gasteiger partial charge in [-0.15, -0.1) is 11.3 Å². The lowest BCUT2D eigenvalue weighted by Crippen LogP contribution is -2.02. The van der Waals surface area contributed by atoms with Crippen molar-refractivity contribution < 1.29 is 13.6 Å². The van der Waals surface area contributed by atoms with Crippen LogP contribution in [0.15, 0.2) is 29.9 Å². The number of halogens is 2. The van der Waals surface area contributed by atoms with E-state index in [1.54, 1.807) is 5.51 Å². The lowest BCUT2D eigenvalue weighted by atomic mass is 10.1. The smallest absolute Gasteiger partial charge is 0.178 e. The number of hydrogen-bond acceptors (Lipinski definition) is 3. The number of carbonyl (C=O) groups is 1. The lowest BCUT2D eigenvalue weighted by Gasteiger charge is -1.99. The molecule has 2 nitrogen and oxygen atoms in total. The van der Waals surface area contributed by atoms with E-state index in [2.05, 4.69) is 4.98 Å². The maximum absolute atomic E-state index is 12.9. The molecule has 0 saturated carbocycles. The molecular formula is C11H7F2NOS. The molecule has 1 aromatic carbocycles. The summed E-state index contributed by atoms with van der Waals surface area (Å²) in [5.41, 5.74) is 2.01. The van der Waals surface area contributed by atoms with Gasteiger partial charge in [-0.25, -0.2) is 8.78 Å². The van der Waals surface area contributed by atoms with E-state index in [-0.39, 0.29) is 12.2 Å². The summed E-state index contributed by atoms with van der Waals surface area (Å²) in [5, 5.41) is 0. The fraction of sp³-hybridized carbons (Fsp3) is 0.0909. The van der Waals surface area contributed by atoms with Crippen molar-refractivity contribution in [2.75, 3.05) is 0 Å². The molecule has 0 N–H and O–H groups in total. The Labute approximate surface area is 94.6 Å². The van der Waals surface area contributed by atoms with Gasteiger partial charge in [0.15, 0.2) is 17.4 Å². The largest absolute Gasteiger partial charge is 0.293 e. The predicted octanol–water partition coefficient (Wildman–Crippen LogP) is 2.85. The van der Waals surface area contributed by atoms with Gasteiger partial charge < -0.3 is 0 Å². The summed E-state index contributed by atoms with van der Waals surface area (Å²) in [4.78, 5) is 15.9. The van der Waals surface area contributed by atoms with Crippen LogP contribution in [-0.4, -0.2) is 10.8 Å². The third-order valence-electron chi connectivity index (χ3n) is 2.06. The van der Waals surface area contributed by atoms with Crippen molar-refractivity contribution >= 4 is 17.1 Å². The summed E-state index contributed by atoms with van der Waals surface area (Å²) in [6.07, 6.45) is 1.52. The number of carbonyl (C=O) groups excluding carboxylic acids is 1. The fourth-order valence-corrected chi connectivity index (χ4v) is 1.84. The van der Waals surface area contributed by atoms with E-state index in [0.717, 1.165) is 12.1 Å². The Hall–Kier alpha value is -1.62. The lowest BCUT2D eigenvalue weighted by molar-refractivity contribution is 0.0996. The summed E-state index contributed by atoms with van der Waals surface area (Å²) < 4.78 is 25.5. The number of thiazole rings is 1. The number of Topliss-reactive ketones (excluding diaryl/α,β-unsaturated/α-hetero) is 1. The molecule has 0 aliphatic rings. The second-order valence-electron chi connectivity index (χ2n) is 3.21. The Morgan fingerprint density at radius 3 is 2.75 bits per heavy atom. The van der Waals surface area contributed by atoms with Crippen molar-refractivity contribution in [3.63, 3.8) is 0 Å². The number of benzene rings is 1. The van der Waals surface area contributed by atoms with E-state index >= 15 is 0 Å². The molecule has 1 heterocycles. The number of ketones is 1. The highest BCUT2D eigenvalue weighted by molar-refractivity contribution is 7.11. The molecule has 0 unspecified atom stereocenters. The van der Waals surface area contributed by atoms with E-state index in [1.807, 2.05) is 0 Å². The summed E-state index contributed by atoms with van der Waals surface area (Å²) in [6, 6.07) is 3.45. The Kier molecular flexibility index (Phi) is 3.05. The van der Waals surface area contributed by atoms with Crippen molar-refractivity contribution in [2.45, 2.75) is 6.42 Å². The Balaban J connectivity index is 2.15. The van der Waals surface area contributed by atoms with E-state index in [0.29, 0.717) is 10.4 Å². The van der Waals surface area contributed by atoms with Crippen LogP contribution in [0.25, 0.3) is 0 Å². The second-order valence-corrected chi connectivity index (χ2v) is 4.10. The first-order valence-electron chi connectivity index (χ1n) is 4.52. The Morgan fingerprint density at radius 1 is 1.31 bits per heavy atom. The van der Waals surface area contributed by atoms with Crippen LogP contribution in [0.2, 0.25) is 0 Å². The normalized spacial score (nSPS) is 10.4. The number of aromatic nitrogens is 1. The molecule has 82 valence electrons. The van der Waals surface area contributed by atoms with Crippen LogP contribution < -0.4 is 0 Å². The molecule has 2 rings (SSSR count). The molecule has 0 bridgehead atoms. The zero-order chi connectivity index (χ0) is 11.5. The Bertz CT molecular complexity index is 511. The zero-order valence-electron chi connectivity index (χ0n) is 8.11. The monoisotopic (exact) mass is 239 g/mol. The predicted molar refractivity (Wildman–Crippen MR) is 56.5 cm³/mol. The minimum Gasteiger partial charge on any atom is -0.293 e. The molecule has 0 spiro atoms. The van der Waals surface area contributed by atoms with Crippen molar-refractivity contribution in [1.29, 1.82) is 0 Å². The van der Waals surface area contributed by atoms with Gasteiger partial charge in [0.05, 0.1) is 10.4 Å². The summed E-state index contributed by atoms with van der Waals surface area (Å²) in [7, 11) is 0. The van der Waals surface area contributed by atoms with E-state index in [1.165, 1.54) is 23.6 Å². The molecule has 2 aromatic rings. The van der Waals surface area contributed by atoms with Crippen LogP contribution in [0.4, 0.5) is 8.78 Å². The van der Waals surface area contributed by atoms with Crippen LogP contribution in [0, 0.1) is 11.6 Å². The molecule has 1 aromatic heterocycles. The topological polar surface area (TPSA) is 30.0 Å². The molecule has 0 radical (unpaired) electrons. The molecule has 0 saturated heterocycles. The van der Waals surface area contributed by atoms with Crippen LogP contribution in [0.1, 0.15) is 15.2 Å². The molecular weight excluding hydrogens is 232 g/mol. The second kappa shape index (κ2) is 4.49. The van der Waals surface area contributed by atoms with Crippen molar-refractivity contribution in [3.05, 3.63) is 52.0 Å². The standard InChI is InChI=1S/C11H7F2NOS/c12-8-2-1-7(3-9(8)13)4-10(15)11-5-14-6-16-11/h1-3,5-6H,4H2. The average molecular weight is 239 g/mol. The van der Waals surface area contributed by atoms with Crippen molar-refractivity contribution in [3.8, 4) is 0 Å². The Morgan fingerprint density at radius 2 is 2.12 bits per heavy atom. The van der Waals surface area contributed by atoms with Gasteiger partial charge in [0.25, 0.3) is 0 Å². The van der Waals surface area contributed by atoms with Crippen LogP contribution in [-0.2, 0) is 6.42 Å². The maximum Gasteiger partial charge on any atom is 0.178 e. The van der Waals surface area contributed by atoms with Gasteiger partial charge in [-0.05, 0) is 17.7 Å². The molecule has 0 aliphatic carbocycles. The van der Waals surface area contributed by atoms with Crippen LogP contribution in [0.3, 0.4) is 0 Å². The van der Waals surface area contributed by atoms with Gasteiger partial charge in [0, 0.05) is 12.6 Å². The molecule has 0 atom stereocenters. The first kappa shape index (κ1) is 10.9. The third-order valence-corrected chi connectivity index (χ3v) is 2.87. The molecule has 5 heteroatoms. The van der Waals surface area contributed by atoms with Crippen LogP contribution >= 0.6 is 11.3 Å². The number of nitrogens with zero attached hydrogens (tertiary/aromatic N) is 1. The van der Waals surface area contributed by atoms with Gasteiger partial charge in [0.1, 0.15) is 0 Å². The first-order chi connectivity index (χ1) is 7.66. The SMILES string of the molecule is O=C(Cc1ccc(F)c(F)c1)c1cncs1. The van der Waals surface area contributed by atoms with Gasteiger partial charge in [-0.3, -0.25) is 9.78 Å². The van der Waals surface area contributed by atoms with Gasteiger partial charge in [-0.2, -0.15) is 0 Å². The van der Waals surface area contributed by atoms with Crippen molar-refractivity contribution in [1.82, 2.24) is 4.98 Å². The maximum atomic E-state index is 12.9. The highest BCUT2D eigenvalue weighted by Crippen LogP contribution is 2.13. The third kappa shape index (κ3) is 2.30. The minimum absolute atomic E-state index is 0.0550. The highest BCUT2D eigenvalue weighted by atomic mass is 32.1. The van der Waals surface area contributed by atoms with Gasteiger partial charge in [0.2, 0.25) is 0 Å². The summed E-state index contributed by atoms with van der Waals surface area (Å²) in [5.74, 6) is -1.99. The number of hydrogen-bond donors (Lipinski definition) is 0. The quantitative estimate of drug-likeness (QED) is 0.771. The molecule has 0 amide bonds. The van der Waals surface area contributed by atoms with E-state index in [4.69, 9.17) is 0 Å². The average Bonchev–Trinajstić information content (AvgIpc) is 2.77. The summed E-state index contributed by atoms with van der Waals surface area (Å²) >= 11 is 1.23. The van der Waals surface area contributed by atoms with Crippen molar-refractivity contribution in [2.24, 2.45) is 0 Å². The van der Waals surface area contributed by atoms with Gasteiger partial charge in [-0.1, -0.05) is 6.07 Å². The van der Waals surface area contributed by atoms with E-state index < -0.39 is 11.6 Å².